The Kier molecular flexibility index (Phi) is 6.16. The fourth-order valence-corrected chi connectivity index (χ4v) is 3.31. The van der Waals surface area contributed by atoms with E-state index in [4.69, 9.17) is 4.74 Å². The molecule has 1 aliphatic rings. The van der Waals surface area contributed by atoms with Gasteiger partial charge >= 0.3 is 17.7 Å². The Morgan fingerprint density at radius 3 is 2.41 bits per heavy atom. The van der Waals surface area contributed by atoms with Gasteiger partial charge in [-0.3, -0.25) is 14.7 Å². The number of nitrogens with zero attached hydrogens (tertiary/aromatic N) is 1. The van der Waals surface area contributed by atoms with E-state index in [1.54, 1.807) is 25.3 Å². The fraction of sp³-hybridized carbons (Fsp3) is 0.400. The number of nitrogens with one attached hydrogen (secondary N) is 3. The van der Waals surface area contributed by atoms with Crippen LogP contribution in [0.3, 0.4) is 0 Å². The summed E-state index contributed by atoms with van der Waals surface area (Å²) in [6, 6.07) is 5.73. The van der Waals surface area contributed by atoms with Gasteiger partial charge in [-0.1, -0.05) is 12.8 Å². The lowest BCUT2D eigenvalue weighted by Crippen LogP contribution is -2.47. The van der Waals surface area contributed by atoms with Crippen molar-refractivity contribution in [1.82, 2.24) is 20.2 Å². The normalized spacial score (nSPS) is 15.0. The third-order valence-corrected chi connectivity index (χ3v) is 4.90. The van der Waals surface area contributed by atoms with Crippen LogP contribution in [0.15, 0.2) is 35.3 Å². The molecule has 3 rings (SSSR count). The SMILES string of the molecule is Cc1c[nH]c(=O)n1-c1ccc(C(=O)OC(C)C(=O)NC(=O)NC2CCCC2)cc1. The van der Waals surface area contributed by atoms with Crippen LogP contribution in [0, 0.1) is 6.92 Å². The van der Waals surface area contributed by atoms with Crippen molar-refractivity contribution in [3.8, 4) is 5.69 Å². The first kappa shape index (κ1) is 20.4. The molecule has 29 heavy (non-hydrogen) atoms. The van der Waals surface area contributed by atoms with Gasteiger partial charge in [0.15, 0.2) is 6.10 Å². The van der Waals surface area contributed by atoms with Crippen LogP contribution >= 0.6 is 0 Å². The zero-order chi connectivity index (χ0) is 21.0. The van der Waals surface area contributed by atoms with Gasteiger partial charge in [-0.25, -0.2) is 14.4 Å². The van der Waals surface area contributed by atoms with Gasteiger partial charge < -0.3 is 15.0 Å². The van der Waals surface area contributed by atoms with E-state index < -0.39 is 24.0 Å². The summed E-state index contributed by atoms with van der Waals surface area (Å²) < 4.78 is 6.61. The number of carbonyl (C=O) groups is 3. The molecule has 154 valence electrons. The third kappa shape index (κ3) is 4.92. The van der Waals surface area contributed by atoms with Crippen molar-refractivity contribution < 1.29 is 19.1 Å². The minimum absolute atomic E-state index is 0.0790. The molecule has 1 heterocycles. The Bertz CT molecular complexity index is 954. The Morgan fingerprint density at radius 1 is 1.17 bits per heavy atom. The second-order valence-electron chi connectivity index (χ2n) is 7.11. The molecule has 9 nitrogen and oxygen atoms in total. The number of esters is 1. The van der Waals surface area contributed by atoms with Crippen LogP contribution in [0.25, 0.3) is 5.69 Å². The fourth-order valence-electron chi connectivity index (χ4n) is 3.31. The van der Waals surface area contributed by atoms with Crippen molar-refractivity contribution in [2.45, 2.75) is 51.7 Å². The maximum Gasteiger partial charge on any atom is 0.338 e. The number of benzene rings is 1. The molecule has 0 radical (unpaired) electrons. The Morgan fingerprint density at radius 2 is 1.83 bits per heavy atom. The van der Waals surface area contributed by atoms with E-state index in [9.17, 15) is 19.2 Å². The summed E-state index contributed by atoms with van der Waals surface area (Å²) in [5.41, 5.74) is 1.27. The number of imide groups is 1. The number of H-pyrrole nitrogens is 1. The van der Waals surface area contributed by atoms with E-state index in [0.29, 0.717) is 5.69 Å². The largest absolute Gasteiger partial charge is 0.449 e. The number of carbonyl (C=O) groups excluding carboxylic acids is 3. The van der Waals surface area contributed by atoms with E-state index in [0.717, 1.165) is 31.4 Å². The van der Waals surface area contributed by atoms with E-state index in [1.807, 2.05) is 0 Å². The molecular formula is C20H24N4O5. The number of rotatable bonds is 5. The molecule has 1 fully saturated rings. The van der Waals surface area contributed by atoms with Crippen LogP contribution in [0.5, 0.6) is 0 Å². The summed E-state index contributed by atoms with van der Waals surface area (Å²) in [7, 11) is 0. The Balaban J connectivity index is 1.55. The van der Waals surface area contributed by atoms with Crippen molar-refractivity contribution in [3.05, 3.63) is 52.2 Å². The topological polar surface area (TPSA) is 122 Å². The molecule has 3 amide bonds. The molecule has 0 saturated heterocycles. The Hall–Kier alpha value is -3.36. The van der Waals surface area contributed by atoms with E-state index in [-0.39, 0.29) is 17.3 Å². The summed E-state index contributed by atoms with van der Waals surface area (Å²) in [4.78, 5) is 50.6. The predicted octanol–water partition coefficient (Wildman–Crippen LogP) is 1.79. The van der Waals surface area contributed by atoms with Crippen molar-refractivity contribution in [1.29, 1.82) is 0 Å². The number of aromatic nitrogens is 2. The lowest BCUT2D eigenvalue weighted by molar-refractivity contribution is -0.127. The van der Waals surface area contributed by atoms with Gasteiger partial charge in [0, 0.05) is 17.9 Å². The molecule has 0 spiro atoms. The molecule has 1 saturated carbocycles. The maximum absolute atomic E-state index is 12.3. The van der Waals surface area contributed by atoms with Crippen molar-refractivity contribution in [3.63, 3.8) is 0 Å². The highest BCUT2D eigenvalue weighted by atomic mass is 16.5. The van der Waals surface area contributed by atoms with Gasteiger partial charge in [-0.05, 0) is 51.0 Å². The molecule has 9 heteroatoms. The van der Waals surface area contributed by atoms with Gasteiger partial charge in [-0.2, -0.15) is 0 Å². The van der Waals surface area contributed by atoms with Crippen molar-refractivity contribution in [2.75, 3.05) is 0 Å². The van der Waals surface area contributed by atoms with E-state index in [1.165, 1.54) is 23.6 Å². The third-order valence-electron chi connectivity index (χ3n) is 4.90. The quantitative estimate of drug-likeness (QED) is 0.661. The highest BCUT2D eigenvalue weighted by Crippen LogP contribution is 2.17. The van der Waals surface area contributed by atoms with E-state index >= 15 is 0 Å². The standard InChI is InChI=1S/C20H24N4O5/c1-12-11-21-20(28)24(12)16-9-7-14(8-10-16)18(26)29-13(2)17(25)23-19(27)22-15-5-3-4-6-15/h7-11,13,15H,3-6H2,1-2H3,(H,21,28)(H2,22,23,25,27). The molecular weight excluding hydrogens is 376 g/mol. The smallest absolute Gasteiger partial charge is 0.338 e. The monoisotopic (exact) mass is 400 g/mol. The molecule has 0 aliphatic heterocycles. The Labute approximate surface area is 167 Å². The number of amides is 3. The predicted molar refractivity (Wildman–Crippen MR) is 105 cm³/mol. The zero-order valence-corrected chi connectivity index (χ0v) is 16.4. The summed E-state index contributed by atoms with van der Waals surface area (Å²) in [5, 5.41) is 4.93. The molecule has 1 aliphatic carbocycles. The first-order valence-electron chi connectivity index (χ1n) is 9.55. The molecule has 2 aromatic rings. The van der Waals surface area contributed by atoms with Crippen molar-refractivity contribution >= 4 is 17.9 Å². The minimum Gasteiger partial charge on any atom is -0.449 e. The first-order chi connectivity index (χ1) is 13.8. The molecule has 1 aromatic heterocycles. The van der Waals surface area contributed by atoms with Crippen LogP contribution in [-0.4, -0.2) is 39.6 Å². The number of imidazole rings is 1. The van der Waals surface area contributed by atoms with Crippen LogP contribution in [-0.2, 0) is 9.53 Å². The number of hydrogen-bond donors (Lipinski definition) is 3. The molecule has 3 N–H and O–H groups in total. The first-order valence-corrected chi connectivity index (χ1v) is 9.55. The van der Waals surface area contributed by atoms with Gasteiger partial charge in [0.25, 0.3) is 5.91 Å². The molecule has 1 aromatic carbocycles. The zero-order valence-electron chi connectivity index (χ0n) is 16.4. The number of hydrogen-bond acceptors (Lipinski definition) is 5. The average Bonchev–Trinajstić information content (AvgIpc) is 3.31. The summed E-state index contributed by atoms with van der Waals surface area (Å²) >= 11 is 0. The van der Waals surface area contributed by atoms with Gasteiger partial charge in [0.05, 0.1) is 11.3 Å². The van der Waals surface area contributed by atoms with Crippen LogP contribution < -0.4 is 16.3 Å². The highest BCUT2D eigenvalue weighted by molar-refractivity contribution is 5.98. The van der Waals surface area contributed by atoms with Gasteiger partial charge in [0.1, 0.15) is 0 Å². The van der Waals surface area contributed by atoms with Crippen LogP contribution in [0.1, 0.15) is 48.7 Å². The maximum atomic E-state index is 12.3. The molecule has 1 atom stereocenters. The highest BCUT2D eigenvalue weighted by Gasteiger charge is 2.23. The summed E-state index contributed by atoms with van der Waals surface area (Å²) in [5.74, 6) is -1.39. The van der Waals surface area contributed by atoms with Gasteiger partial charge in [0.2, 0.25) is 0 Å². The number of urea groups is 1. The molecule has 0 bridgehead atoms. The second kappa shape index (κ2) is 8.76. The van der Waals surface area contributed by atoms with Crippen LogP contribution in [0.4, 0.5) is 4.79 Å². The number of aryl methyl sites for hydroxylation is 1. The van der Waals surface area contributed by atoms with Gasteiger partial charge in [-0.15, -0.1) is 0 Å². The summed E-state index contributed by atoms with van der Waals surface area (Å²) in [6.07, 6.45) is 4.38. The lowest BCUT2D eigenvalue weighted by Gasteiger charge is -2.15. The van der Waals surface area contributed by atoms with E-state index in [2.05, 4.69) is 15.6 Å². The second-order valence-corrected chi connectivity index (χ2v) is 7.11. The number of aromatic amines is 1. The number of ether oxygens (including phenoxy) is 1. The van der Waals surface area contributed by atoms with Crippen LogP contribution in [0.2, 0.25) is 0 Å². The summed E-state index contributed by atoms with van der Waals surface area (Å²) in [6.45, 7) is 3.18. The van der Waals surface area contributed by atoms with Crippen molar-refractivity contribution in [2.24, 2.45) is 0 Å². The minimum atomic E-state index is -1.13. The lowest BCUT2D eigenvalue weighted by atomic mass is 10.2. The molecule has 1 unspecified atom stereocenters. The average molecular weight is 400 g/mol.